The molecule has 1 saturated heterocycles. The lowest BCUT2D eigenvalue weighted by Gasteiger charge is -2.39. The van der Waals surface area contributed by atoms with Gasteiger partial charge >= 0.3 is 0 Å². The number of morpholine rings is 1. The van der Waals surface area contributed by atoms with Crippen molar-refractivity contribution in [3.05, 3.63) is 0 Å². The summed E-state index contributed by atoms with van der Waals surface area (Å²) in [7, 11) is 0. The maximum atomic E-state index is 12.2. The summed E-state index contributed by atoms with van der Waals surface area (Å²) in [4.78, 5) is 14.2. The molecule has 1 fully saturated rings. The van der Waals surface area contributed by atoms with Crippen molar-refractivity contribution >= 4 is 5.91 Å². The number of carbonyl (C=O) groups excluding carboxylic acids is 1. The number of nitrogens with zero attached hydrogens (tertiary/aromatic N) is 1. The molecule has 0 saturated carbocycles. The first-order valence-corrected chi connectivity index (χ1v) is 6.03. The van der Waals surface area contributed by atoms with Crippen LogP contribution in [-0.4, -0.2) is 36.1 Å². The highest BCUT2D eigenvalue weighted by Crippen LogP contribution is 2.19. The first-order chi connectivity index (χ1) is 7.11. The molecule has 1 rings (SSSR count). The fourth-order valence-electron chi connectivity index (χ4n) is 2.12. The zero-order valence-electron chi connectivity index (χ0n) is 10.3. The minimum absolute atomic E-state index is 0.164. The van der Waals surface area contributed by atoms with Crippen molar-refractivity contribution in [1.82, 2.24) is 4.90 Å². The molecule has 1 amide bonds. The van der Waals surface area contributed by atoms with Crippen LogP contribution in [-0.2, 0) is 9.53 Å². The number of hydrogen-bond acceptors (Lipinski definition) is 2. The van der Waals surface area contributed by atoms with Crippen LogP contribution < -0.4 is 0 Å². The summed E-state index contributed by atoms with van der Waals surface area (Å²) in [6.07, 6.45) is 2.04. The molecular weight excluding hydrogens is 190 g/mol. The maximum absolute atomic E-state index is 12.2. The Morgan fingerprint density at radius 1 is 1.40 bits per heavy atom. The molecule has 3 heteroatoms. The molecule has 0 spiro atoms. The topological polar surface area (TPSA) is 29.5 Å². The lowest BCUT2D eigenvalue weighted by atomic mass is 9.99. The van der Waals surface area contributed by atoms with Gasteiger partial charge in [-0.1, -0.05) is 13.8 Å². The molecule has 2 unspecified atom stereocenters. The Labute approximate surface area is 92.8 Å². The van der Waals surface area contributed by atoms with Gasteiger partial charge in [0.1, 0.15) is 0 Å². The standard InChI is InChI=1S/C12H23NO2/c1-5-11(6-2)12(14)13-7-8-15-10(4)9(13)3/h9-11H,5-8H2,1-4H3. The van der Waals surface area contributed by atoms with Crippen LogP contribution >= 0.6 is 0 Å². The van der Waals surface area contributed by atoms with Crippen molar-refractivity contribution in [2.75, 3.05) is 13.2 Å². The number of carbonyl (C=O) groups is 1. The third kappa shape index (κ3) is 2.71. The Kier molecular flexibility index (Phi) is 4.58. The van der Waals surface area contributed by atoms with Crippen LogP contribution in [0.5, 0.6) is 0 Å². The van der Waals surface area contributed by atoms with Gasteiger partial charge in [0.25, 0.3) is 0 Å². The molecule has 0 bridgehead atoms. The molecule has 0 aromatic carbocycles. The van der Waals surface area contributed by atoms with Crippen LogP contribution in [0, 0.1) is 5.92 Å². The third-order valence-corrected chi connectivity index (χ3v) is 3.50. The quantitative estimate of drug-likeness (QED) is 0.718. The molecule has 88 valence electrons. The van der Waals surface area contributed by atoms with Gasteiger partial charge in [-0.3, -0.25) is 4.79 Å². The van der Waals surface area contributed by atoms with E-state index in [1.54, 1.807) is 0 Å². The number of hydrogen-bond donors (Lipinski definition) is 0. The molecule has 15 heavy (non-hydrogen) atoms. The summed E-state index contributed by atoms with van der Waals surface area (Å²) >= 11 is 0. The van der Waals surface area contributed by atoms with Gasteiger partial charge < -0.3 is 9.64 Å². The van der Waals surface area contributed by atoms with Gasteiger partial charge in [0.15, 0.2) is 0 Å². The smallest absolute Gasteiger partial charge is 0.226 e. The second-order valence-corrected chi connectivity index (χ2v) is 4.36. The highest BCUT2D eigenvalue weighted by molar-refractivity contribution is 5.79. The van der Waals surface area contributed by atoms with Gasteiger partial charge in [-0.15, -0.1) is 0 Å². The van der Waals surface area contributed by atoms with Crippen molar-refractivity contribution in [3.63, 3.8) is 0 Å². The molecule has 1 aliphatic heterocycles. The lowest BCUT2D eigenvalue weighted by Crippen LogP contribution is -2.52. The van der Waals surface area contributed by atoms with Gasteiger partial charge in [-0.05, 0) is 26.7 Å². The van der Waals surface area contributed by atoms with Crippen LogP contribution in [0.15, 0.2) is 0 Å². The number of amides is 1. The highest BCUT2D eigenvalue weighted by atomic mass is 16.5. The van der Waals surface area contributed by atoms with E-state index in [1.807, 2.05) is 11.8 Å². The summed E-state index contributed by atoms with van der Waals surface area (Å²) in [6.45, 7) is 9.71. The average molecular weight is 213 g/mol. The van der Waals surface area contributed by atoms with Gasteiger partial charge in [0.2, 0.25) is 5.91 Å². The van der Waals surface area contributed by atoms with Gasteiger partial charge in [-0.2, -0.15) is 0 Å². The molecule has 0 radical (unpaired) electrons. The molecule has 3 nitrogen and oxygen atoms in total. The fourth-order valence-corrected chi connectivity index (χ4v) is 2.12. The fraction of sp³-hybridized carbons (Fsp3) is 0.917. The second-order valence-electron chi connectivity index (χ2n) is 4.36. The Bertz CT molecular complexity index is 214. The molecule has 0 N–H and O–H groups in total. The van der Waals surface area contributed by atoms with Crippen LogP contribution in [0.1, 0.15) is 40.5 Å². The van der Waals surface area contributed by atoms with E-state index in [0.717, 1.165) is 19.4 Å². The SMILES string of the molecule is CCC(CC)C(=O)N1CCOC(C)C1C. The van der Waals surface area contributed by atoms with Crippen molar-refractivity contribution in [2.24, 2.45) is 5.92 Å². The molecule has 2 atom stereocenters. The minimum atomic E-state index is 0.164. The summed E-state index contributed by atoms with van der Waals surface area (Å²) < 4.78 is 5.52. The Morgan fingerprint density at radius 3 is 2.53 bits per heavy atom. The second kappa shape index (κ2) is 5.50. The lowest BCUT2D eigenvalue weighted by molar-refractivity contribution is -0.148. The van der Waals surface area contributed by atoms with E-state index in [0.29, 0.717) is 12.5 Å². The summed E-state index contributed by atoms with van der Waals surface area (Å²) in [5.41, 5.74) is 0. The molecule has 1 heterocycles. The first kappa shape index (κ1) is 12.5. The monoisotopic (exact) mass is 213 g/mol. The van der Waals surface area contributed by atoms with E-state index in [2.05, 4.69) is 20.8 Å². The maximum Gasteiger partial charge on any atom is 0.226 e. The summed E-state index contributed by atoms with van der Waals surface area (Å²) in [5.74, 6) is 0.500. The highest BCUT2D eigenvalue weighted by Gasteiger charge is 2.31. The van der Waals surface area contributed by atoms with E-state index < -0.39 is 0 Å². The van der Waals surface area contributed by atoms with Crippen LogP contribution in [0.4, 0.5) is 0 Å². The Hall–Kier alpha value is -0.570. The van der Waals surface area contributed by atoms with E-state index in [9.17, 15) is 4.79 Å². The Morgan fingerprint density at radius 2 is 2.00 bits per heavy atom. The van der Waals surface area contributed by atoms with Crippen LogP contribution in [0.25, 0.3) is 0 Å². The van der Waals surface area contributed by atoms with Crippen molar-refractivity contribution in [2.45, 2.75) is 52.7 Å². The van der Waals surface area contributed by atoms with Crippen molar-refractivity contribution in [3.8, 4) is 0 Å². The van der Waals surface area contributed by atoms with E-state index in [1.165, 1.54) is 0 Å². The molecular formula is C12H23NO2. The zero-order valence-corrected chi connectivity index (χ0v) is 10.3. The van der Waals surface area contributed by atoms with Crippen molar-refractivity contribution < 1.29 is 9.53 Å². The summed E-state index contributed by atoms with van der Waals surface area (Å²) in [6, 6.07) is 0.215. The van der Waals surface area contributed by atoms with Crippen LogP contribution in [0.2, 0.25) is 0 Å². The largest absolute Gasteiger partial charge is 0.375 e. The van der Waals surface area contributed by atoms with Crippen molar-refractivity contribution in [1.29, 1.82) is 0 Å². The van der Waals surface area contributed by atoms with Gasteiger partial charge in [0.05, 0.1) is 18.8 Å². The van der Waals surface area contributed by atoms with Crippen LogP contribution in [0.3, 0.4) is 0 Å². The third-order valence-electron chi connectivity index (χ3n) is 3.50. The minimum Gasteiger partial charge on any atom is -0.375 e. The predicted molar refractivity (Wildman–Crippen MR) is 60.7 cm³/mol. The summed E-state index contributed by atoms with van der Waals surface area (Å²) in [5, 5.41) is 0. The molecule has 1 aliphatic rings. The molecule has 0 aromatic rings. The molecule has 0 aliphatic carbocycles. The number of rotatable bonds is 3. The average Bonchev–Trinajstić information content (AvgIpc) is 2.23. The first-order valence-electron chi connectivity index (χ1n) is 6.03. The van der Waals surface area contributed by atoms with E-state index >= 15 is 0 Å². The van der Waals surface area contributed by atoms with E-state index in [4.69, 9.17) is 4.74 Å². The van der Waals surface area contributed by atoms with Gasteiger partial charge in [0, 0.05) is 12.5 Å². The molecule has 0 aromatic heterocycles. The normalized spacial score (nSPS) is 27.1. The van der Waals surface area contributed by atoms with E-state index in [-0.39, 0.29) is 18.1 Å². The Balaban J connectivity index is 2.65. The van der Waals surface area contributed by atoms with Gasteiger partial charge in [-0.25, -0.2) is 0 Å². The predicted octanol–water partition coefficient (Wildman–Crippen LogP) is 2.06. The zero-order chi connectivity index (χ0) is 11.4. The number of ether oxygens (including phenoxy) is 1.